The minimum Gasteiger partial charge on any atom is -0.379 e. The predicted octanol–water partition coefficient (Wildman–Crippen LogP) is 3.23. The number of hydrogen-bond acceptors (Lipinski definition) is 9. The molecule has 1 spiro atoms. The number of hydrogen-bond donors (Lipinski definition) is 3. The van der Waals surface area contributed by atoms with Crippen LogP contribution in [0.1, 0.15) is 47.0 Å². The van der Waals surface area contributed by atoms with E-state index in [0.717, 1.165) is 17.7 Å². The summed E-state index contributed by atoms with van der Waals surface area (Å²) in [5.74, 6) is -0.967. The van der Waals surface area contributed by atoms with Crippen LogP contribution in [0.4, 0.5) is 10.5 Å². The van der Waals surface area contributed by atoms with Gasteiger partial charge in [0.05, 0.1) is 36.2 Å². The van der Waals surface area contributed by atoms with Crippen LogP contribution in [0.5, 0.6) is 0 Å². The Morgan fingerprint density at radius 3 is 2.43 bits per heavy atom. The van der Waals surface area contributed by atoms with Crippen LogP contribution in [0.2, 0.25) is 0 Å². The molecule has 2 saturated heterocycles. The monoisotopic (exact) mass is 603 g/mol. The molecule has 2 aliphatic heterocycles. The lowest BCUT2D eigenvalue weighted by atomic mass is 9.67. The summed E-state index contributed by atoms with van der Waals surface area (Å²) in [4.78, 5) is 48.9. The van der Waals surface area contributed by atoms with E-state index >= 15 is 0 Å². The Bertz CT molecular complexity index is 1200. The van der Waals surface area contributed by atoms with Gasteiger partial charge in [-0.15, -0.1) is 11.8 Å². The van der Waals surface area contributed by atoms with Crippen molar-refractivity contribution in [1.82, 2.24) is 10.6 Å². The van der Waals surface area contributed by atoms with Crippen LogP contribution in [0.3, 0.4) is 0 Å². The summed E-state index contributed by atoms with van der Waals surface area (Å²) >= 11 is 1.26. The number of Topliss-reactive ketones (excluding diaryl/α,β-unsaturated/α-hetero) is 1. The second-order valence-electron chi connectivity index (χ2n) is 11.6. The lowest BCUT2D eigenvalue weighted by Crippen LogP contribution is -2.60. The van der Waals surface area contributed by atoms with Gasteiger partial charge in [-0.1, -0.05) is 11.6 Å². The Morgan fingerprint density at radius 1 is 1.10 bits per heavy atom. The number of imide groups is 1. The van der Waals surface area contributed by atoms with Crippen molar-refractivity contribution in [2.24, 2.45) is 5.92 Å². The summed E-state index contributed by atoms with van der Waals surface area (Å²) in [6.45, 7) is 7.95. The lowest BCUT2D eigenvalue weighted by molar-refractivity contribution is -0.126. The van der Waals surface area contributed by atoms with E-state index in [1.54, 1.807) is 31.4 Å². The van der Waals surface area contributed by atoms with E-state index in [-0.39, 0.29) is 60.4 Å². The molecule has 1 unspecified atom stereocenters. The molecule has 1 aromatic rings. The topological polar surface area (TPSA) is 148 Å². The van der Waals surface area contributed by atoms with Crippen molar-refractivity contribution < 1.29 is 38.1 Å². The van der Waals surface area contributed by atoms with E-state index in [1.165, 1.54) is 24.3 Å². The molecule has 2 heterocycles. The molecule has 11 nitrogen and oxygen atoms in total. The number of allylic oxidation sites excluding steroid dienone is 1. The Labute approximate surface area is 250 Å². The number of carbonyl (C=O) groups excluding carboxylic acids is 4. The minimum absolute atomic E-state index is 0.0356. The molecule has 230 valence electrons. The van der Waals surface area contributed by atoms with Gasteiger partial charge in [-0.2, -0.15) is 0 Å². The number of thioether (sulfide) groups is 1. The van der Waals surface area contributed by atoms with Crippen LogP contribution < -0.4 is 16.0 Å². The summed E-state index contributed by atoms with van der Waals surface area (Å²) in [5.41, 5.74) is 1.10. The van der Waals surface area contributed by atoms with Crippen LogP contribution in [0, 0.1) is 5.92 Å². The second kappa shape index (κ2) is 13.7. The minimum atomic E-state index is -0.563. The number of carbonyl (C=O) groups is 4. The highest BCUT2D eigenvalue weighted by molar-refractivity contribution is 8.00. The van der Waals surface area contributed by atoms with Crippen molar-refractivity contribution in [3.05, 3.63) is 35.9 Å². The van der Waals surface area contributed by atoms with Gasteiger partial charge in [0.15, 0.2) is 5.78 Å². The number of anilines is 1. The average Bonchev–Trinajstić information content (AvgIpc) is 3.84. The van der Waals surface area contributed by atoms with Gasteiger partial charge in [0.25, 0.3) is 0 Å². The molecular formula is C30H41N3O8S. The Hall–Kier alpha value is -2.77. The molecule has 1 saturated carbocycles. The normalized spacial score (nSPS) is 29.4. The first-order chi connectivity index (χ1) is 20.0. The van der Waals surface area contributed by atoms with Gasteiger partial charge in [0, 0.05) is 23.6 Å². The van der Waals surface area contributed by atoms with E-state index in [2.05, 4.69) is 42.8 Å². The zero-order valence-corrected chi connectivity index (χ0v) is 25.6. The Balaban J connectivity index is 1.24. The number of ketones is 1. The molecule has 6 atom stereocenters. The third-order valence-corrected chi connectivity index (χ3v) is 8.92. The van der Waals surface area contributed by atoms with Crippen molar-refractivity contribution in [2.75, 3.05) is 38.0 Å². The SMILES string of the molecule is CO[C@H]1[C@H](C2(C)O[C@@H]2CC=C(C)C)[C@]2(CC[C@H]1NC(=O)NC(=O)CSc1ccc(NC(=O)COCC(C)=O)cc1)CO2. The van der Waals surface area contributed by atoms with Crippen LogP contribution in [-0.4, -0.2) is 85.8 Å². The number of rotatable bonds is 13. The van der Waals surface area contributed by atoms with Crippen LogP contribution >= 0.6 is 11.8 Å². The summed E-state index contributed by atoms with van der Waals surface area (Å²) in [6.07, 6.45) is 4.20. The number of epoxide rings is 2. The fourth-order valence-corrected chi connectivity index (χ4v) is 6.48. The van der Waals surface area contributed by atoms with E-state index in [9.17, 15) is 19.2 Å². The molecule has 1 aromatic carbocycles. The van der Waals surface area contributed by atoms with Crippen molar-refractivity contribution in [3.8, 4) is 0 Å². The first kappa shape index (κ1) is 32.2. The van der Waals surface area contributed by atoms with Crippen LogP contribution in [0.25, 0.3) is 0 Å². The quantitative estimate of drug-likeness (QED) is 0.176. The first-order valence-corrected chi connectivity index (χ1v) is 15.1. The van der Waals surface area contributed by atoms with Crippen LogP contribution in [-0.2, 0) is 33.3 Å². The maximum atomic E-state index is 12.8. The maximum Gasteiger partial charge on any atom is 0.321 e. The van der Waals surface area contributed by atoms with Gasteiger partial charge in [0.1, 0.15) is 18.8 Å². The number of benzene rings is 1. The summed E-state index contributed by atoms with van der Waals surface area (Å²) in [6, 6.07) is 6.06. The van der Waals surface area contributed by atoms with E-state index < -0.39 is 17.5 Å². The standard InChI is InChI=1S/C30H41N3O8S/c1-18(2)6-11-23-29(4,41-23)27-26(38-5)22(12-13-30(27)17-40-30)32-28(37)33-25(36)16-42-21-9-7-20(8-10-21)31-24(35)15-39-14-19(3)34/h6-10,22-23,26-27H,11-17H2,1-5H3,(H,31,35)(H2,32,33,36,37)/t22-,23-,26-,27-,29?,30+/m1/s1. The summed E-state index contributed by atoms with van der Waals surface area (Å²) in [5, 5.41) is 8.06. The van der Waals surface area contributed by atoms with Crippen molar-refractivity contribution in [2.45, 2.75) is 81.3 Å². The van der Waals surface area contributed by atoms with Gasteiger partial charge in [-0.05, 0) is 71.2 Å². The van der Waals surface area contributed by atoms with E-state index in [4.69, 9.17) is 18.9 Å². The molecule has 4 amide bonds. The fraction of sp³-hybridized carbons (Fsp3) is 0.600. The smallest absolute Gasteiger partial charge is 0.321 e. The van der Waals surface area contributed by atoms with Gasteiger partial charge in [-0.25, -0.2) is 4.79 Å². The largest absolute Gasteiger partial charge is 0.379 e. The van der Waals surface area contributed by atoms with E-state index in [1.807, 2.05) is 0 Å². The van der Waals surface area contributed by atoms with Gasteiger partial charge >= 0.3 is 6.03 Å². The molecule has 0 radical (unpaired) electrons. The predicted molar refractivity (Wildman–Crippen MR) is 157 cm³/mol. The maximum absolute atomic E-state index is 12.8. The van der Waals surface area contributed by atoms with Crippen molar-refractivity contribution in [1.29, 1.82) is 0 Å². The fourth-order valence-electron chi connectivity index (χ4n) is 5.78. The Kier molecular flexibility index (Phi) is 10.5. The summed E-state index contributed by atoms with van der Waals surface area (Å²) in [7, 11) is 1.64. The molecule has 4 rings (SSSR count). The molecule has 1 aliphatic carbocycles. The van der Waals surface area contributed by atoms with Gasteiger partial charge in [-0.3, -0.25) is 19.7 Å². The van der Waals surface area contributed by atoms with Crippen molar-refractivity contribution in [3.63, 3.8) is 0 Å². The molecule has 3 aliphatic rings. The highest BCUT2D eigenvalue weighted by atomic mass is 32.2. The molecule has 3 N–H and O–H groups in total. The second-order valence-corrected chi connectivity index (χ2v) is 12.6. The van der Waals surface area contributed by atoms with Crippen LogP contribution in [0.15, 0.2) is 40.8 Å². The number of amides is 4. The number of ether oxygens (including phenoxy) is 4. The molecule has 42 heavy (non-hydrogen) atoms. The molecule has 12 heteroatoms. The van der Waals surface area contributed by atoms with Gasteiger partial charge < -0.3 is 29.6 Å². The highest BCUT2D eigenvalue weighted by Gasteiger charge is 2.71. The molecule has 0 aromatic heterocycles. The summed E-state index contributed by atoms with van der Waals surface area (Å²) < 4.78 is 23.1. The number of urea groups is 1. The van der Waals surface area contributed by atoms with E-state index in [0.29, 0.717) is 18.7 Å². The zero-order chi connectivity index (χ0) is 30.5. The first-order valence-electron chi connectivity index (χ1n) is 14.1. The molecule has 3 fully saturated rings. The highest BCUT2D eigenvalue weighted by Crippen LogP contribution is 2.59. The van der Waals surface area contributed by atoms with Gasteiger partial charge in [0.2, 0.25) is 11.8 Å². The zero-order valence-electron chi connectivity index (χ0n) is 24.8. The number of methoxy groups -OCH3 is 1. The third-order valence-electron chi connectivity index (χ3n) is 7.91. The number of nitrogens with one attached hydrogen (secondary N) is 3. The lowest BCUT2D eigenvalue weighted by Gasteiger charge is -2.43. The molecule has 0 bridgehead atoms. The third kappa shape index (κ3) is 8.19. The molecular weight excluding hydrogens is 562 g/mol. The van der Waals surface area contributed by atoms with Crippen molar-refractivity contribution >= 4 is 41.1 Å². The Morgan fingerprint density at radius 2 is 1.81 bits per heavy atom. The average molecular weight is 604 g/mol.